The summed E-state index contributed by atoms with van der Waals surface area (Å²) in [5.74, 6) is 0.0362. The first-order valence-corrected chi connectivity index (χ1v) is 10.4. The molecule has 9 nitrogen and oxygen atoms in total. The highest BCUT2D eigenvalue weighted by Crippen LogP contribution is 2.26. The number of aromatic nitrogens is 2. The third kappa shape index (κ3) is 6.01. The van der Waals surface area contributed by atoms with Gasteiger partial charge in [0.15, 0.2) is 12.4 Å². The van der Waals surface area contributed by atoms with Crippen LogP contribution >= 0.6 is 0 Å². The summed E-state index contributed by atoms with van der Waals surface area (Å²) >= 11 is 0. The normalized spacial score (nSPS) is 12.7. The van der Waals surface area contributed by atoms with Crippen molar-refractivity contribution in [1.82, 2.24) is 14.9 Å². The molecule has 0 saturated heterocycles. The van der Waals surface area contributed by atoms with Crippen LogP contribution in [0.3, 0.4) is 0 Å². The number of benzene rings is 1. The zero-order valence-corrected chi connectivity index (χ0v) is 18.5. The van der Waals surface area contributed by atoms with Crippen LogP contribution in [0.4, 0.5) is 0 Å². The minimum absolute atomic E-state index is 0.0515. The molecule has 0 aliphatic carbocycles. The van der Waals surface area contributed by atoms with Gasteiger partial charge in [0.2, 0.25) is 10.0 Å². The Hall–Kier alpha value is -2.46. The number of carbonyl (C=O) groups is 1. The Bertz CT molecular complexity index is 984. The van der Waals surface area contributed by atoms with Crippen molar-refractivity contribution >= 4 is 16.0 Å². The number of rotatable bonds is 6. The molecule has 0 atom stereocenters. The fraction of sp³-hybridized carbons (Fsp3) is 0.526. The van der Waals surface area contributed by atoms with Crippen LogP contribution in [0, 0.1) is 0 Å². The quantitative estimate of drug-likeness (QED) is 0.702. The van der Waals surface area contributed by atoms with Gasteiger partial charge in [-0.3, -0.25) is 0 Å². The zero-order chi connectivity index (χ0) is 22.0. The van der Waals surface area contributed by atoms with E-state index in [-0.39, 0.29) is 34.1 Å². The molecule has 1 heterocycles. The highest BCUT2D eigenvalue weighted by Gasteiger charge is 2.27. The van der Waals surface area contributed by atoms with E-state index < -0.39 is 21.5 Å². The highest BCUT2D eigenvalue weighted by atomic mass is 32.2. The van der Waals surface area contributed by atoms with E-state index in [1.165, 1.54) is 25.3 Å². The van der Waals surface area contributed by atoms with Crippen LogP contribution in [-0.4, -0.2) is 37.2 Å². The molecule has 0 fully saturated rings. The molecule has 1 aromatic carbocycles. The molecule has 0 bridgehead atoms. The van der Waals surface area contributed by atoms with Crippen molar-refractivity contribution in [3.05, 3.63) is 35.5 Å². The largest absolute Gasteiger partial charge is 0.495 e. The number of nitrogens with one attached hydrogen (secondary N) is 1. The Morgan fingerprint density at radius 2 is 1.83 bits per heavy atom. The molecule has 0 saturated carbocycles. The maximum Gasteiger partial charge on any atom is 0.338 e. The molecule has 29 heavy (non-hydrogen) atoms. The topological polar surface area (TPSA) is 121 Å². The van der Waals surface area contributed by atoms with Gasteiger partial charge in [0.1, 0.15) is 10.6 Å². The summed E-state index contributed by atoms with van der Waals surface area (Å²) in [5, 5.41) is 3.86. The minimum atomic E-state index is -3.92. The molecule has 0 amide bonds. The first-order valence-electron chi connectivity index (χ1n) is 8.95. The summed E-state index contributed by atoms with van der Waals surface area (Å²) in [4.78, 5) is 16.5. The monoisotopic (exact) mass is 425 g/mol. The van der Waals surface area contributed by atoms with E-state index in [0.29, 0.717) is 5.82 Å². The molecule has 0 unspecified atom stereocenters. The predicted octanol–water partition coefficient (Wildman–Crippen LogP) is 2.81. The molecular weight excluding hydrogens is 398 g/mol. The Morgan fingerprint density at radius 1 is 1.17 bits per heavy atom. The van der Waals surface area contributed by atoms with Crippen LogP contribution in [0.15, 0.2) is 27.6 Å². The van der Waals surface area contributed by atoms with E-state index >= 15 is 0 Å². The first kappa shape index (κ1) is 22.8. The van der Waals surface area contributed by atoms with Crippen LogP contribution in [0.2, 0.25) is 0 Å². The van der Waals surface area contributed by atoms with Crippen molar-refractivity contribution in [3.63, 3.8) is 0 Å². The molecule has 0 radical (unpaired) electrons. The molecule has 2 aromatic rings. The number of carbonyl (C=O) groups excluding carboxylic acids is 1. The van der Waals surface area contributed by atoms with Crippen molar-refractivity contribution in [3.8, 4) is 5.75 Å². The standard InChI is InChI=1S/C19H27N3O6S/c1-18(2,3)17-20-15(28-21-17)11-27-16(23)12-8-9-13(26-7)14(10-12)29(24,25)22-19(4,5)6/h8-10,22H,11H2,1-7H3. The summed E-state index contributed by atoms with van der Waals surface area (Å²) in [7, 11) is -2.57. The Morgan fingerprint density at radius 3 is 2.34 bits per heavy atom. The van der Waals surface area contributed by atoms with Gasteiger partial charge in [0, 0.05) is 11.0 Å². The van der Waals surface area contributed by atoms with Gasteiger partial charge in [0.05, 0.1) is 12.7 Å². The van der Waals surface area contributed by atoms with Crippen LogP contribution in [0.1, 0.15) is 63.6 Å². The lowest BCUT2D eigenvalue weighted by molar-refractivity contribution is 0.0429. The zero-order valence-electron chi connectivity index (χ0n) is 17.7. The van der Waals surface area contributed by atoms with Crippen LogP contribution in [0.25, 0.3) is 0 Å². The lowest BCUT2D eigenvalue weighted by atomic mass is 9.96. The van der Waals surface area contributed by atoms with E-state index in [1.807, 2.05) is 20.8 Å². The molecule has 1 N–H and O–H groups in total. The summed E-state index contributed by atoms with van der Waals surface area (Å²) in [5.41, 5.74) is -0.954. The Kier molecular flexibility index (Phi) is 6.39. The van der Waals surface area contributed by atoms with Gasteiger partial charge >= 0.3 is 5.97 Å². The van der Waals surface area contributed by atoms with Crippen LogP contribution in [-0.2, 0) is 26.8 Å². The predicted molar refractivity (Wildman–Crippen MR) is 105 cm³/mol. The van der Waals surface area contributed by atoms with Crippen molar-refractivity contribution < 1.29 is 27.2 Å². The van der Waals surface area contributed by atoms with E-state index in [0.717, 1.165) is 0 Å². The maximum atomic E-state index is 12.7. The summed E-state index contributed by atoms with van der Waals surface area (Å²) < 4.78 is 43.4. The lowest BCUT2D eigenvalue weighted by Crippen LogP contribution is -2.40. The SMILES string of the molecule is COc1ccc(C(=O)OCc2nc(C(C)(C)C)no2)cc1S(=O)(=O)NC(C)(C)C. The first-order chi connectivity index (χ1) is 13.2. The van der Waals surface area contributed by atoms with Gasteiger partial charge in [-0.2, -0.15) is 4.98 Å². The molecule has 0 spiro atoms. The fourth-order valence-electron chi connectivity index (χ4n) is 2.30. The summed E-state index contributed by atoms with van der Waals surface area (Å²) in [6.45, 7) is 10.7. The smallest absolute Gasteiger partial charge is 0.338 e. The fourth-order valence-corrected chi connectivity index (χ4v) is 3.91. The minimum Gasteiger partial charge on any atom is -0.495 e. The molecule has 0 aliphatic rings. The van der Waals surface area contributed by atoms with E-state index in [1.54, 1.807) is 20.8 Å². The number of methoxy groups -OCH3 is 1. The van der Waals surface area contributed by atoms with Crippen molar-refractivity contribution in [2.24, 2.45) is 0 Å². The second-order valence-electron chi connectivity index (χ2n) is 8.56. The van der Waals surface area contributed by atoms with Gasteiger partial charge in [-0.15, -0.1) is 0 Å². The van der Waals surface area contributed by atoms with Gasteiger partial charge in [-0.05, 0) is 39.0 Å². The van der Waals surface area contributed by atoms with E-state index in [4.69, 9.17) is 14.0 Å². The van der Waals surface area contributed by atoms with Gasteiger partial charge in [-0.25, -0.2) is 17.9 Å². The average Bonchev–Trinajstić information content (AvgIpc) is 3.06. The number of sulfonamides is 1. The van der Waals surface area contributed by atoms with Gasteiger partial charge in [-0.1, -0.05) is 25.9 Å². The molecular formula is C19H27N3O6S. The molecule has 0 aliphatic heterocycles. The lowest BCUT2D eigenvalue weighted by Gasteiger charge is -2.21. The van der Waals surface area contributed by atoms with E-state index in [9.17, 15) is 13.2 Å². The number of hydrogen-bond donors (Lipinski definition) is 1. The van der Waals surface area contributed by atoms with Crippen molar-refractivity contribution in [2.45, 2.75) is 64.0 Å². The maximum absolute atomic E-state index is 12.7. The number of esters is 1. The molecule has 10 heteroatoms. The number of hydrogen-bond acceptors (Lipinski definition) is 8. The number of ether oxygens (including phenoxy) is 2. The van der Waals surface area contributed by atoms with Gasteiger partial charge in [0.25, 0.3) is 5.89 Å². The van der Waals surface area contributed by atoms with Gasteiger partial charge < -0.3 is 14.0 Å². The summed E-state index contributed by atoms with van der Waals surface area (Å²) in [6, 6.07) is 4.04. The van der Waals surface area contributed by atoms with Crippen LogP contribution < -0.4 is 9.46 Å². The summed E-state index contributed by atoms with van der Waals surface area (Å²) in [6.07, 6.45) is 0. The second-order valence-corrected chi connectivity index (χ2v) is 10.2. The molecule has 160 valence electrons. The van der Waals surface area contributed by atoms with Crippen molar-refractivity contribution in [1.29, 1.82) is 0 Å². The molecule has 2 rings (SSSR count). The third-order valence-corrected chi connectivity index (χ3v) is 5.37. The van der Waals surface area contributed by atoms with Crippen LogP contribution in [0.5, 0.6) is 5.75 Å². The van der Waals surface area contributed by atoms with Crippen molar-refractivity contribution in [2.75, 3.05) is 7.11 Å². The Labute approximate surface area is 170 Å². The Balaban J connectivity index is 2.22. The highest BCUT2D eigenvalue weighted by molar-refractivity contribution is 7.89. The number of nitrogens with zero attached hydrogens (tertiary/aromatic N) is 2. The molecule has 1 aromatic heterocycles. The third-order valence-electron chi connectivity index (χ3n) is 3.60. The second kappa shape index (κ2) is 8.11. The average molecular weight is 426 g/mol. The van der Waals surface area contributed by atoms with E-state index in [2.05, 4.69) is 14.9 Å².